The van der Waals surface area contributed by atoms with Crippen LogP contribution in [0.15, 0.2) is 29.1 Å². The van der Waals surface area contributed by atoms with E-state index < -0.39 is 0 Å². The number of rotatable bonds is 6. The number of hydrogen-bond donors (Lipinski definition) is 0. The van der Waals surface area contributed by atoms with Crippen LogP contribution < -0.4 is 4.74 Å². The monoisotopic (exact) mass is 414 g/mol. The highest BCUT2D eigenvalue weighted by Gasteiger charge is 2.24. The smallest absolute Gasteiger partial charge is 0.410 e. The summed E-state index contributed by atoms with van der Waals surface area (Å²) < 4.78 is 11.1. The molecule has 1 aromatic heterocycles. The van der Waals surface area contributed by atoms with Crippen LogP contribution in [0.2, 0.25) is 10.0 Å². The van der Waals surface area contributed by atoms with Gasteiger partial charge in [-0.15, -0.1) is 11.3 Å². The first-order chi connectivity index (χ1) is 12.6. The van der Waals surface area contributed by atoms with E-state index in [4.69, 9.17) is 32.7 Å². The van der Waals surface area contributed by atoms with E-state index in [1.165, 1.54) is 11.3 Å². The van der Waals surface area contributed by atoms with Gasteiger partial charge in [0, 0.05) is 18.5 Å². The molecule has 2 heterocycles. The van der Waals surface area contributed by atoms with Crippen LogP contribution in [0.25, 0.3) is 0 Å². The number of piperidine rings is 1. The molecule has 1 saturated heterocycles. The van der Waals surface area contributed by atoms with Crippen LogP contribution in [0, 0.1) is 5.92 Å². The van der Waals surface area contributed by atoms with Crippen molar-refractivity contribution in [3.8, 4) is 5.75 Å². The van der Waals surface area contributed by atoms with Gasteiger partial charge in [-0.1, -0.05) is 29.3 Å². The fraction of sp³-hybridized carbons (Fsp3) is 0.444. The van der Waals surface area contributed by atoms with Gasteiger partial charge in [0.25, 0.3) is 0 Å². The molecule has 26 heavy (non-hydrogen) atoms. The standard InChI is InChI=1S/C18H20Cl2N2O3S/c19-15-2-1-3-16(17(15)20)24-9-6-13-4-7-22(8-5-13)18(23)25-10-14-11-26-12-21-14/h1-3,11-13H,4-10H2. The van der Waals surface area contributed by atoms with Gasteiger partial charge < -0.3 is 14.4 Å². The molecule has 0 saturated carbocycles. The molecule has 1 aromatic carbocycles. The molecular formula is C18H20Cl2N2O3S. The molecule has 0 radical (unpaired) electrons. The number of halogens is 2. The zero-order chi connectivity index (χ0) is 18.4. The second-order valence-corrected chi connectivity index (χ2v) is 7.66. The molecule has 1 aliphatic rings. The number of benzene rings is 1. The number of thiazole rings is 1. The lowest BCUT2D eigenvalue weighted by Gasteiger charge is -2.31. The van der Waals surface area contributed by atoms with Crippen molar-refractivity contribution in [1.82, 2.24) is 9.88 Å². The predicted octanol–water partition coefficient (Wildman–Crippen LogP) is 5.27. The molecule has 0 spiro atoms. The lowest BCUT2D eigenvalue weighted by atomic mass is 9.94. The first kappa shape index (κ1) is 19.3. The Morgan fingerprint density at radius 3 is 2.85 bits per heavy atom. The fourth-order valence-electron chi connectivity index (χ4n) is 2.87. The molecule has 8 heteroatoms. The molecule has 0 atom stereocenters. The van der Waals surface area contributed by atoms with Gasteiger partial charge in [0.2, 0.25) is 0 Å². The van der Waals surface area contributed by atoms with E-state index in [1.54, 1.807) is 16.5 Å². The van der Waals surface area contributed by atoms with Gasteiger partial charge in [0.1, 0.15) is 17.4 Å². The third kappa shape index (κ3) is 5.25. The zero-order valence-corrected chi connectivity index (χ0v) is 16.5. The lowest BCUT2D eigenvalue weighted by molar-refractivity contribution is 0.0792. The number of aromatic nitrogens is 1. The van der Waals surface area contributed by atoms with Crippen LogP contribution in [0.5, 0.6) is 5.75 Å². The Labute approximate surface area is 166 Å². The van der Waals surface area contributed by atoms with Gasteiger partial charge in [-0.3, -0.25) is 0 Å². The molecular weight excluding hydrogens is 395 g/mol. The van der Waals surface area contributed by atoms with Crippen molar-refractivity contribution in [2.75, 3.05) is 19.7 Å². The third-order valence-electron chi connectivity index (χ3n) is 4.40. The Hall–Kier alpha value is -1.50. The minimum Gasteiger partial charge on any atom is -0.492 e. The fourth-order valence-corrected chi connectivity index (χ4v) is 3.76. The molecule has 1 aliphatic heterocycles. The number of carbonyl (C=O) groups is 1. The third-order valence-corrected chi connectivity index (χ3v) is 5.84. The summed E-state index contributed by atoms with van der Waals surface area (Å²) in [6.45, 7) is 2.23. The molecule has 1 amide bonds. The highest BCUT2D eigenvalue weighted by molar-refractivity contribution is 7.07. The Morgan fingerprint density at radius 2 is 2.12 bits per heavy atom. The van der Waals surface area contributed by atoms with Gasteiger partial charge in [0.15, 0.2) is 0 Å². The summed E-state index contributed by atoms with van der Waals surface area (Å²) in [5.41, 5.74) is 2.52. The quantitative estimate of drug-likeness (QED) is 0.645. The van der Waals surface area contributed by atoms with E-state index in [-0.39, 0.29) is 12.7 Å². The highest BCUT2D eigenvalue weighted by Crippen LogP contribution is 2.32. The molecule has 2 aromatic rings. The average Bonchev–Trinajstić information content (AvgIpc) is 3.17. The number of ether oxygens (including phenoxy) is 2. The largest absolute Gasteiger partial charge is 0.492 e. The Balaban J connectivity index is 1.35. The van der Waals surface area contributed by atoms with E-state index in [2.05, 4.69) is 4.98 Å². The minimum atomic E-state index is -0.265. The van der Waals surface area contributed by atoms with Gasteiger partial charge >= 0.3 is 6.09 Å². The van der Waals surface area contributed by atoms with Gasteiger partial charge in [-0.25, -0.2) is 9.78 Å². The van der Waals surface area contributed by atoms with E-state index in [0.717, 1.165) is 25.0 Å². The SMILES string of the molecule is O=C(OCc1cscn1)N1CCC(CCOc2cccc(Cl)c2Cl)CC1. The molecule has 5 nitrogen and oxygen atoms in total. The highest BCUT2D eigenvalue weighted by atomic mass is 35.5. The normalized spacial score (nSPS) is 15.1. The predicted molar refractivity (Wildman–Crippen MR) is 103 cm³/mol. The second-order valence-electron chi connectivity index (χ2n) is 6.15. The zero-order valence-electron chi connectivity index (χ0n) is 14.2. The number of nitrogens with zero attached hydrogens (tertiary/aromatic N) is 2. The molecule has 0 aliphatic carbocycles. The number of likely N-dealkylation sites (tertiary alicyclic amines) is 1. The molecule has 0 unspecified atom stereocenters. The van der Waals surface area contributed by atoms with E-state index in [9.17, 15) is 4.79 Å². The van der Waals surface area contributed by atoms with Crippen LogP contribution >= 0.6 is 34.5 Å². The number of hydrogen-bond acceptors (Lipinski definition) is 5. The topological polar surface area (TPSA) is 51.7 Å². The molecule has 1 fully saturated rings. The van der Waals surface area contributed by atoms with E-state index in [0.29, 0.717) is 41.4 Å². The molecule has 0 N–H and O–H groups in total. The maximum Gasteiger partial charge on any atom is 0.410 e. The first-order valence-corrected chi connectivity index (χ1v) is 10.2. The summed E-state index contributed by atoms with van der Waals surface area (Å²) >= 11 is 13.6. The summed E-state index contributed by atoms with van der Waals surface area (Å²) in [5.74, 6) is 1.14. The van der Waals surface area contributed by atoms with Crippen LogP contribution in [0.4, 0.5) is 4.79 Å². The minimum absolute atomic E-state index is 0.233. The Bertz CT molecular complexity index is 719. The maximum absolute atomic E-state index is 12.1. The summed E-state index contributed by atoms with van der Waals surface area (Å²) in [5, 5.41) is 2.83. The summed E-state index contributed by atoms with van der Waals surface area (Å²) in [4.78, 5) is 18.0. The number of carbonyl (C=O) groups excluding carboxylic acids is 1. The Morgan fingerprint density at radius 1 is 1.31 bits per heavy atom. The van der Waals surface area contributed by atoms with Crippen LogP contribution in [-0.4, -0.2) is 35.7 Å². The van der Waals surface area contributed by atoms with Crippen molar-refractivity contribution >= 4 is 40.6 Å². The Kier molecular flexibility index (Phi) is 7.00. The van der Waals surface area contributed by atoms with Crippen molar-refractivity contribution < 1.29 is 14.3 Å². The van der Waals surface area contributed by atoms with Gasteiger partial charge in [-0.05, 0) is 37.3 Å². The van der Waals surface area contributed by atoms with E-state index >= 15 is 0 Å². The summed E-state index contributed by atoms with van der Waals surface area (Å²) in [6.07, 6.45) is 2.54. The maximum atomic E-state index is 12.1. The summed E-state index contributed by atoms with van der Waals surface area (Å²) in [6, 6.07) is 5.37. The van der Waals surface area contributed by atoms with Crippen LogP contribution in [0.1, 0.15) is 25.0 Å². The molecule has 140 valence electrons. The van der Waals surface area contributed by atoms with Crippen molar-refractivity contribution in [3.63, 3.8) is 0 Å². The molecule has 0 bridgehead atoms. The van der Waals surface area contributed by atoms with Gasteiger partial charge in [0.05, 0.1) is 22.8 Å². The van der Waals surface area contributed by atoms with Crippen molar-refractivity contribution in [2.45, 2.75) is 25.9 Å². The van der Waals surface area contributed by atoms with Crippen molar-refractivity contribution in [1.29, 1.82) is 0 Å². The van der Waals surface area contributed by atoms with Crippen LogP contribution in [-0.2, 0) is 11.3 Å². The summed E-state index contributed by atoms with van der Waals surface area (Å²) in [7, 11) is 0. The molecule has 3 rings (SSSR count). The average molecular weight is 415 g/mol. The van der Waals surface area contributed by atoms with E-state index in [1.807, 2.05) is 17.5 Å². The van der Waals surface area contributed by atoms with Crippen molar-refractivity contribution in [3.05, 3.63) is 44.8 Å². The van der Waals surface area contributed by atoms with Gasteiger partial charge in [-0.2, -0.15) is 0 Å². The van der Waals surface area contributed by atoms with Crippen LogP contribution in [0.3, 0.4) is 0 Å². The second kappa shape index (κ2) is 9.44. The lowest BCUT2D eigenvalue weighted by Crippen LogP contribution is -2.39. The first-order valence-electron chi connectivity index (χ1n) is 8.49. The van der Waals surface area contributed by atoms with Crippen molar-refractivity contribution in [2.24, 2.45) is 5.92 Å². The number of amides is 1.